The van der Waals surface area contributed by atoms with Gasteiger partial charge in [-0.3, -0.25) is 9.79 Å². The van der Waals surface area contributed by atoms with Gasteiger partial charge < -0.3 is 26.8 Å². The summed E-state index contributed by atoms with van der Waals surface area (Å²) in [6.07, 6.45) is 1.12. The molecule has 0 saturated heterocycles. The first-order chi connectivity index (χ1) is 9.99. The number of rotatable bonds is 8. The number of thioether (sulfide) groups is 1. The van der Waals surface area contributed by atoms with Crippen molar-refractivity contribution in [3.8, 4) is 0 Å². The number of aliphatic imine (C=N–C) groups is 1. The number of carbonyl (C=O) groups is 3. The van der Waals surface area contributed by atoms with Gasteiger partial charge in [0.15, 0.2) is 0 Å². The quantitative estimate of drug-likeness (QED) is 0.170. The molecule has 23 heavy (non-hydrogen) atoms. The summed E-state index contributed by atoms with van der Waals surface area (Å²) in [5.41, 5.74) is 9.69. The van der Waals surface area contributed by atoms with Crippen LogP contribution in [0.2, 0.25) is 0 Å². The number of carboxylic acids is 3. The Morgan fingerprint density at radius 2 is 1.61 bits per heavy atom. The van der Waals surface area contributed by atoms with Gasteiger partial charge in [0, 0.05) is 30.2 Å². The van der Waals surface area contributed by atoms with Gasteiger partial charge in [-0.05, 0) is 13.8 Å². The lowest BCUT2D eigenvalue weighted by Gasteiger charge is -2.17. The molecule has 0 saturated carbocycles. The zero-order chi connectivity index (χ0) is 17.8. The van der Waals surface area contributed by atoms with Crippen molar-refractivity contribution >= 4 is 47.9 Å². The van der Waals surface area contributed by atoms with Gasteiger partial charge in [-0.1, -0.05) is 0 Å². The number of amidine groups is 1. The first kappa shape index (κ1) is 26.1. The molecule has 0 heterocycles. The molecule has 9 nitrogen and oxygen atoms in total. The van der Waals surface area contributed by atoms with Crippen molar-refractivity contribution in [2.24, 2.45) is 16.5 Å². The highest BCUT2D eigenvalue weighted by atomic mass is 35.5. The minimum atomic E-state index is -1.26. The van der Waals surface area contributed by atoms with E-state index in [0.29, 0.717) is 30.3 Å². The number of nitrogens with two attached hydrogens (primary N) is 2. The van der Waals surface area contributed by atoms with Gasteiger partial charge in [-0.15, -0.1) is 12.4 Å². The average molecular weight is 372 g/mol. The average Bonchev–Trinajstić information content (AvgIpc) is 2.36. The Bertz CT molecular complexity index is 434. The van der Waals surface area contributed by atoms with Crippen LogP contribution in [-0.2, 0) is 14.4 Å². The van der Waals surface area contributed by atoms with Crippen LogP contribution in [0, 0.1) is 0 Å². The van der Waals surface area contributed by atoms with Crippen LogP contribution in [0.15, 0.2) is 17.1 Å². The van der Waals surface area contributed by atoms with E-state index in [-0.39, 0.29) is 12.4 Å². The van der Waals surface area contributed by atoms with Crippen LogP contribution in [-0.4, -0.2) is 62.7 Å². The molecule has 0 rings (SSSR count). The molecule has 0 radical (unpaired) electrons. The lowest BCUT2D eigenvalue weighted by molar-refractivity contribution is -0.141. The van der Waals surface area contributed by atoms with E-state index in [2.05, 4.69) is 4.99 Å². The summed E-state index contributed by atoms with van der Waals surface area (Å²) in [5, 5.41) is 24.3. The Balaban J connectivity index is -0.000000382. The molecule has 0 aromatic heterocycles. The third-order valence-electron chi connectivity index (χ3n) is 1.86. The molecule has 1 atom stereocenters. The van der Waals surface area contributed by atoms with Gasteiger partial charge in [0.1, 0.15) is 5.54 Å². The van der Waals surface area contributed by atoms with Gasteiger partial charge in [0.25, 0.3) is 0 Å². The lowest BCUT2D eigenvalue weighted by Crippen LogP contribution is -2.47. The predicted octanol–water partition coefficient (Wildman–Crippen LogP) is 0.0323. The Kier molecular flexibility index (Phi) is 15.7. The van der Waals surface area contributed by atoms with Crippen LogP contribution in [0.25, 0.3) is 0 Å². The molecule has 0 bridgehead atoms. The van der Waals surface area contributed by atoms with Crippen molar-refractivity contribution in [3.63, 3.8) is 0 Å². The molecule has 0 spiro atoms. The smallest absolute Gasteiger partial charge is 0.328 e. The van der Waals surface area contributed by atoms with Crippen LogP contribution in [0.3, 0.4) is 0 Å². The first-order valence-corrected chi connectivity index (χ1v) is 7.15. The molecule has 0 aromatic carbocycles. The van der Waals surface area contributed by atoms with Gasteiger partial charge in [-0.2, -0.15) is 11.8 Å². The molecule has 0 aromatic rings. The van der Waals surface area contributed by atoms with Crippen molar-refractivity contribution < 1.29 is 29.7 Å². The zero-order valence-corrected chi connectivity index (χ0v) is 14.4. The monoisotopic (exact) mass is 371 g/mol. The Morgan fingerprint density at radius 3 is 1.91 bits per heavy atom. The molecule has 0 amide bonds. The third-order valence-corrected chi connectivity index (χ3v) is 3.13. The van der Waals surface area contributed by atoms with E-state index in [1.54, 1.807) is 6.92 Å². The number of carboxylic acid groups (broad SMARTS) is 3. The number of nitrogens with zero attached hydrogens (tertiary/aromatic N) is 1. The lowest BCUT2D eigenvalue weighted by atomic mass is 10.1. The summed E-state index contributed by atoms with van der Waals surface area (Å²) in [7, 11) is 0. The van der Waals surface area contributed by atoms with Crippen molar-refractivity contribution in [2.45, 2.75) is 19.4 Å². The topological polar surface area (TPSA) is 176 Å². The molecular weight excluding hydrogens is 350 g/mol. The molecule has 7 N–H and O–H groups in total. The molecule has 0 aliphatic heterocycles. The zero-order valence-electron chi connectivity index (χ0n) is 12.8. The van der Waals surface area contributed by atoms with Crippen LogP contribution in [0.4, 0.5) is 0 Å². The number of hydrogen-bond acceptors (Lipinski definition) is 6. The van der Waals surface area contributed by atoms with Crippen molar-refractivity contribution in [1.82, 2.24) is 0 Å². The standard InChI is InChI=1S/C8H17N3O2S.C4H4O4.ClH/c1-6(9)11-3-4-14-5-8(2,10)7(12)13;5-3(6)1-2-4(7)8;/h3-5,10H2,1-2H3,(H2,9,11)(H,12,13);1-2H,(H,5,6)(H,7,8);1H/b;2-1-;/t8-;;/m0../s1. The van der Waals surface area contributed by atoms with Gasteiger partial charge >= 0.3 is 17.9 Å². The van der Waals surface area contributed by atoms with Gasteiger partial charge in [0.2, 0.25) is 0 Å². The molecular formula is C12H22ClN3O6S. The molecule has 134 valence electrons. The highest BCUT2D eigenvalue weighted by Gasteiger charge is 2.27. The fourth-order valence-corrected chi connectivity index (χ4v) is 1.69. The van der Waals surface area contributed by atoms with E-state index in [1.807, 2.05) is 0 Å². The maximum absolute atomic E-state index is 10.6. The Hall–Kier alpha value is -1.78. The molecule has 0 unspecified atom stereocenters. The SMILES string of the molecule is CC(N)=NCCSC[C@](C)(N)C(=O)O.Cl.O=C(O)/C=C\C(=O)O. The van der Waals surface area contributed by atoms with E-state index in [4.69, 9.17) is 26.8 Å². The highest BCUT2D eigenvalue weighted by Crippen LogP contribution is 2.10. The number of aliphatic carboxylic acids is 3. The van der Waals surface area contributed by atoms with E-state index < -0.39 is 23.4 Å². The molecule has 0 aliphatic rings. The van der Waals surface area contributed by atoms with Gasteiger partial charge in [0.05, 0.1) is 5.84 Å². The van der Waals surface area contributed by atoms with E-state index in [9.17, 15) is 14.4 Å². The summed E-state index contributed by atoms with van der Waals surface area (Å²) in [5.74, 6) is -1.85. The van der Waals surface area contributed by atoms with E-state index in [1.165, 1.54) is 18.7 Å². The highest BCUT2D eigenvalue weighted by molar-refractivity contribution is 7.99. The van der Waals surface area contributed by atoms with Crippen LogP contribution >= 0.6 is 24.2 Å². The first-order valence-electron chi connectivity index (χ1n) is 5.99. The summed E-state index contributed by atoms with van der Waals surface area (Å²) < 4.78 is 0. The second-order valence-electron chi connectivity index (χ2n) is 4.31. The fourth-order valence-electron chi connectivity index (χ4n) is 0.775. The maximum Gasteiger partial charge on any atom is 0.328 e. The molecule has 11 heteroatoms. The van der Waals surface area contributed by atoms with Gasteiger partial charge in [-0.25, -0.2) is 9.59 Å². The second-order valence-corrected chi connectivity index (χ2v) is 5.41. The van der Waals surface area contributed by atoms with Crippen molar-refractivity contribution in [2.75, 3.05) is 18.1 Å². The number of hydrogen-bond donors (Lipinski definition) is 5. The Morgan fingerprint density at radius 1 is 1.17 bits per heavy atom. The summed E-state index contributed by atoms with van der Waals surface area (Å²) in [4.78, 5) is 33.7. The Labute approximate surface area is 144 Å². The van der Waals surface area contributed by atoms with Crippen LogP contribution in [0.1, 0.15) is 13.8 Å². The molecule has 0 fully saturated rings. The number of halogens is 1. The third kappa shape index (κ3) is 20.2. The summed E-state index contributed by atoms with van der Waals surface area (Å²) >= 11 is 1.46. The fraction of sp³-hybridized carbons (Fsp3) is 0.500. The summed E-state index contributed by atoms with van der Waals surface area (Å²) in [6.45, 7) is 3.82. The normalized spacial score (nSPS) is 13.3. The van der Waals surface area contributed by atoms with E-state index in [0.717, 1.165) is 5.75 Å². The van der Waals surface area contributed by atoms with Crippen molar-refractivity contribution in [1.29, 1.82) is 0 Å². The van der Waals surface area contributed by atoms with Crippen LogP contribution < -0.4 is 11.5 Å². The largest absolute Gasteiger partial charge is 0.480 e. The van der Waals surface area contributed by atoms with E-state index >= 15 is 0 Å². The summed E-state index contributed by atoms with van der Waals surface area (Å²) in [6, 6.07) is 0. The second kappa shape index (κ2) is 13.9. The predicted molar refractivity (Wildman–Crippen MR) is 91.4 cm³/mol. The van der Waals surface area contributed by atoms with Crippen molar-refractivity contribution in [3.05, 3.63) is 12.2 Å². The minimum absolute atomic E-state index is 0. The molecule has 0 aliphatic carbocycles. The minimum Gasteiger partial charge on any atom is -0.480 e. The maximum atomic E-state index is 10.6. The van der Waals surface area contributed by atoms with Crippen LogP contribution in [0.5, 0.6) is 0 Å².